The highest BCUT2D eigenvalue weighted by atomic mass is 79.9. The van der Waals surface area contributed by atoms with Crippen molar-refractivity contribution in [3.05, 3.63) is 28.2 Å². The smallest absolute Gasteiger partial charge is 0.261 e. The highest BCUT2D eigenvalue weighted by Crippen LogP contribution is 2.23. The number of carbonyl (C=O) groups is 1. The van der Waals surface area contributed by atoms with E-state index in [4.69, 9.17) is 15.4 Å². The monoisotopic (exact) mass is 383 g/mol. The van der Waals surface area contributed by atoms with E-state index in [1.807, 2.05) is 6.92 Å². The molecule has 0 atom stereocenters. The predicted molar refractivity (Wildman–Crippen MR) is 80.6 cm³/mol. The van der Waals surface area contributed by atoms with Crippen LogP contribution in [0.15, 0.2) is 27.6 Å². The van der Waals surface area contributed by atoms with Crippen LogP contribution in [0.3, 0.4) is 0 Å². The SMILES string of the molecule is CCN(CCOC)C(=O)c1cc(Br)cc(S(=O)(=O)Cl)c1. The van der Waals surface area contributed by atoms with Gasteiger partial charge in [0.1, 0.15) is 0 Å². The molecule has 0 spiro atoms. The van der Waals surface area contributed by atoms with Crippen LogP contribution in [0.2, 0.25) is 0 Å². The predicted octanol–water partition coefficient (Wildman–Crippen LogP) is 2.49. The van der Waals surface area contributed by atoms with Crippen LogP contribution in [0.25, 0.3) is 0 Å². The molecule has 0 heterocycles. The van der Waals surface area contributed by atoms with Gasteiger partial charge in [-0.25, -0.2) is 8.42 Å². The number of hydrogen-bond acceptors (Lipinski definition) is 4. The average molecular weight is 385 g/mol. The summed E-state index contributed by atoms with van der Waals surface area (Å²) in [5.74, 6) is -0.271. The van der Waals surface area contributed by atoms with Gasteiger partial charge >= 0.3 is 0 Å². The molecule has 0 fully saturated rings. The van der Waals surface area contributed by atoms with Crippen LogP contribution in [-0.4, -0.2) is 46.0 Å². The molecule has 1 rings (SSSR count). The highest BCUT2D eigenvalue weighted by Gasteiger charge is 2.18. The number of methoxy groups -OCH3 is 1. The Morgan fingerprint density at radius 2 is 2.05 bits per heavy atom. The second kappa shape index (κ2) is 7.40. The summed E-state index contributed by atoms with van der Waals surface area (Å²) in [6, 6.07) is 4.18. The van der Waals surface area contributed by atoms with Crippen LogP contribution < -0.4 is 0 Å². The van der Waals surface area contributed by atoms with Gasteiger partial charge in [0.05, 0.1) is 11.5 Å². The van der Waals surface area contributed by atoms with E-state index < -0.39 is 9.05 Å². The first-order valence-electron chi connectivity index (χ1n) is 5.83. The van der Waals surface area contributed by atoms with Crippen molar-refractivity contribution in [2.45, 2.75) is 11.8 Å². The third kappa shape index (κ3) is 4.73. The maximum atomic E-state index is 12.3. The molecule has 0 saturated carbocycles. The summed E-state index contributed by atoms with van der Waals surface area (Å²) in [6.07, 6.45) is 0. The van der Waals surface area contributed by atoms with Crippen molar-refractivity contribution in [2.75, 3.05) is 26.8 Å². The van der Waals surface area contributed by atoms with Crippen molar-refractivity contribution < 1.29 is 17.9 Å². The average Bonchev–Trinajstić information content (AvgIpc) is 2.37. The normalized spacial score (nSPS) is 11.4. The molecule has 0 aliphatic heterocycles. The van der Waals surface area contributed by atoms with Crippen molar-refractivity contribution in [2.24, 2.45) is 0 Å². The first kappa shape index (κ1) is 17.4. The van der Waals surface area contributed by atoms with E-state index in [2.05, 4.69) is 15.9 Å². The minimum Gasteiger partial charge on any atom is -0.383 e. The highest BCUT2D eigenvalue weighted by molar-refractivity contribution is 9.10. The fraction of sp³-hybridized carbons (Fsp3) is 0.417. The summed E-state index contributed by atoms with van der Waals surface area (Å²) in [4.78, 5) is 13.8. The summed E-state index contributed by atoms with van der Waals surface area (Å²) < 4.78 is 28.2. The molecule has 0 unspecified atom stereocenters. The number of amides is 1. The van der Waals surface area contributed by atoms with Crippen LogP contribution in [0.1, 0.15) is 17.3 Å². The third-order valence-corrected chi connectivity index (χ3v) is 4.43. The summed E-state index contributed by atoms with van der Waals surface area (Å²) in [5.41, 5.74) is 0.261. The van der Waals surface area contributed by atoms with Gasteiger partial charge in [0.25, 0.3) is 15.0 Å². The van der Waals surface area contributed by atoms with Crippen molar-refractivity contribution in [3.63, 3.8) is 0 Å². The second-order valence-electron chi connectivity index (χ2n) is 3.99. The number of benzene rings is 1. The molecular formula is C12H15BrClNO4S. The number of rotatable bonds is 6. The van der Waals surface area contributed by atoms with Crippen molar-refractivity contribution in [1.82, 2.24) is 4.90 Å². The van der Waals surface area contributed by atoms with Gasteiger partial charge in [-0.15, -0.1) is 0 Å². The van der Waals surface area contributed by atoms with E-state index in [-0.39, 0.29) is 16.4 Å². The molecule has 112 valence electrons. The van der Waals surface area contributed by atoms with Crippen LogP contribution in [0, 0.1) is 0 Å². The molecule has 1 amide bonds. The molecule has 0 N–H and O–H groups in total. The molecule has 0 aromatic heterocycles. The number of halogens is 2. The quantitative estimate of drug-likeness (QED) is 0.707. The lowest BCUT2D eigenvalue weighted by Gasteiger charge is -2.20. The van der Waals surface area contributed by atoms with Crippen molar-refractivity contribution in [1.29, 1.82) is 0 Å². The Morgan fingerprint density at radius 1 is 1.40 bits per heavy atom. The number of hydrogen-bond donors (Lipinski definition) is 0. The summed E-state index contributed by atoms with van der Waals surface area (Å²) >= 11 is 3.18. The van der Waals surface area contributed by atoms with Gasteiger partial charge in [-0.3, -0.25) is 4.79 Å². The van der Waals surface area contributed by atoms with E-state index >= 15 is 0 Å². The first-order valence-corrected chi connectivity index (χ1v) is 8.93. The summed E-state index contributed by atoms with van der Waals surface area (Å²) in [6.45, 7) is 3.18. The Morgan fingerprint density at radius 3 is 2.55 bits per heavy atom. The maximum absolute atomic E-state index is 12.3. The fourth-order valence-corrected chi connectivity index (χ4v) is 3.06. The largest absolute Gasteiger partial charge is 0.383 e. The molecule has 0 bridgehead atoms. The molecule has 5 nitrogen and oxygen atoms in total. The molecule has 1 aromatic rings. The van der Waals surface area contributed by atoms with Gasteiger partial charge in [0, 0.05) is 40.9 Å². The van der Waals surface area contributed by atoms with Gasteiger partial charge in [-0.2, -0.15) is 0 Å². The Hall–Kier alpha value is -0.630. The second-order valence-corrected chi connectivity index (χ2v) is 7.47. The van der Waals surface area contributed by atoms with E-state index in [1.165, 1.54) is 12.1 Å². The van der Waals surface area contributed by atoms with E-state index in [0.29, 0.717) is 24.2 Å². The number of ether oxygens (including phenoxy) is 1. The van der Waals surface area contributed by atoms with E-state index in [0.717, 1.165) is 0 Å². The lowest BCUT2D eigenvalue weighted by atomic mass is 10.2. The van der Waals surface area contributed by atoms with Crippen molar-refractivity contribution in [3.8, 4) is 0 Å². The van der Waals surface area contributed by atoms with Crippen LogP contribution in [-0.2, 0) is 13.8 Å². The van der Waals surface area contributed by atoms with Gasteiger partial charge in [0.2, 0.25) is 0 Å². The Labute approximate surface area is 131 Å². The Bertz CT molecular complexity index is 591. The summed E-state index contributed by atoms with van der Waals surface area (Å²) in [5, 5.41) is 0. The number of nitrogens with zero attached hydrogens (tertiary/aromatic N) is 1. The number of carbonyl (C=O) groups excluding carboxylic acids is 1. The van der Waals surface area contributed by atoms with Crippen LogP contribution in [0.5, 0.6) is 0 Å². The fourth-order valence-electron chi connectivity index (χ4n) is 1.61. The van der Waals surface area contributed by atoms with Gasteiger partial charge < -0.3 is 9.64 Å². The molecule has 0 aliphatic rings. The van der Waals surface area contributed by atoms with Gasteiger partial charge in [-0.1, -0.05) is 15.9 Å². The molecule has 0 aliphatic carbocycles. The molecular weight excluding hydrogens is 370 g/mol. The standard InChI is InChI=1S/C12H15BrClNO4S/c1-3-15(4-5-19-2)12(16)9-6-10(13)8-11(7-9)20(14,17)18/h6-8H,3-5H2,1-2H3. The zero-order valence-corrected chi connectivity index (χ0v) is 14.3. The molecule has 0 saturated heterocycles. The topological polar surface area (TPSA) is 63.7 Å². The summed E-state index contributed by atoms with van der Waals surface area (Å²) in [7, 11) is 2.98. The van der Waals surface area contributed by atoms with E-state index in [1.54, 1.807) is 18.1 Å². The van der Waals surface area contributed by atoms with Gasteiger partial charge in [0.15, 0.2) is 0 Å². The molecule has 8 heteroatoms. The van der Waals surface area contributed by atoms with E-state index in [9.17, 15) is 13.2 Å². The molecule has 0 radical (unpaired) electrons. The Kier molecular flexibility index (Phi) is 6.44. The van der Waals surface area contributed by atoms with Crippen molar-refractivity contribution >= 4 is 41.6 Å². The molecule has 1 aromatic carbocycles. The Balaban J connectivity index is 3.12. The number of likely N-dealkylation sites (N-methyl/N-ethyl adjacent to an activating group) is 1. The third-order valence-electron chi connectivity index (χ3n) is 2.63. The lowest BCUT2D eigenvalue weighted by Crippen LogP contribution is -2.33. The zero-order valence-electron chi connectivity index (χ0n) is 11.1. The van der Waals surface area contributed by atoms with Crippen LogP contribution >= 0.6 is 26.6 Å². The minimum atomic E-state index is -3.88. The maximum Gasteiger partial charge on any atom is 0.261 e. The first-order chi connectivity index (χ1) is 9.29. The zero-order chi connectivity index (χ0) is 15.3. The van der Waals surface area contributed by atoms with Gasteiger partial charge in [-0.05, 0) is 25.1 Å². The van der Waals surface area contributed by atoms with Crippen LogP contribution in [0.4, 0.5) is 0 Å². The lowest BCUT2D eigenvalue weighted by molar-refractivity contribution is 0.0706. The molecule has 20 heavy (non-hydrogen) atoms. The minimum absolute atomic E-state index is 0.111.